The molecule has 0 fully saturated rings. The van der Waals surface area contributed by atoms with Gasteiger partial charge < -0.3 is 16.2 Å². The molecule has 0 aliphatic carbocycles. The lowest BCUT2D eigenvalue weighted by Crippen LogP contribution is -2.18. The van der Waals surface area contributed by atoms with Crippen LogP contribution in [0.3, 0.4) is 0 Å². The van der Waals surface area contributed by atoms with Crippen molar-refractivity contribution in [2.24, 2.45) is 0 Å². The molecule has 0 unspecified atom stereocenters. The maximum atomic E-state index is 15.4. The first-order valence-electron chi connectivity index (χ1n) is 13.2. The van der Waals surface area contributed by atoms with Crippen LogP contribution in [0.5, 0.6) is 0 Å². The number of aromatic nitrogens is 4. The van der Waals surface area contributed by atoms with Gasteiger partial charge in [0, 0.05) is 36.6 Å². The number of ether oxygens (including phenoxy) is 1. The molecule has 0 radical (unpaired) electrons. The Balaban J connectivity index is 0.000000696. The topological polar surface area (TPSA) is 159 Å². The van der Waals surface area contributed by atoms with Crippen molar-refractivity contribution in [2.45, 2.75) is 40.0 Å². The fraction of sp³-hybridized carbons (Fsp3) is 0.357. The molecule has 2 aromatic heterocycles. The summed E-state index contributed by atoms with van der Waals surface area (Å²) in [4.78, 5) is 16.9. The van der Waals surface area contributed by atoms with Gasteiger partial charge in [-0.1, -0.05) is 26.0 Å². The van der Waals surface area contributed by atoms with Crippen molar-refractivity contribution in [3.05, 3.63) is 54.1 Å². The third-order valence-corrected chi connectivity index (χ3v) is 7.25. The summed E-state index contributed by atoms with van der Waals surface area (Å²) in [5.74, 6) is -0.573. The molecule has 220 valence electrons. The van der Waals surface area contributed by atoms with Gasteiger partial charge in [-0.3, -0.25) is 9.11 Å². The van der Waals surface area contributed by atoms with Gasteiger partial charge >= 0.3 is 0 Å². The van der Waals surface area contributed by atoms with Crippen LogP contribution in [0.2, 0.25) is 0 Å². The first-order valence-corrected chi connectivity index (χ1v) is 14.9. The number of rotatable bonds is 11. The van der Waals surface area contributed by atoms with E-state index < -0.39 is 28.3 Å². The minimum absolute atomic E-state index is 0.121. The predicted octanol–water partition coefficient (Wildman–Crippen LogP) is 5.15. The van der Waals surface area contributed by atoms with Crippen LogP contribution in [0.4, 0.5) is 26.2 Å². The highest BCUT2D eigenvalue weighted by Gasteiger charge is 2.18. The van der Waals surface area contributed by atoms with Gasteiger partial charge in [-0.05, 0) is 55.5 Å². The third kappa shape index (κ3) is 8.27. The summed E-state index contributed by atoms with van der Waals surface area (Å²) in [5, 5.41) is 0.521. The quantitative estimate of drug-likeness (QED) is 0.202. The first-order chi connectivity index (χ1) is 19.6. The highest BCUT2D eigenvalue weighted by atomic mass is 32.2. The number of hydrogen-bond acceptors (Lipinski definition) is 9. The Hall–Kier alpha value is -3.97. The summed E-state index contributed by atoms with van der Waals surface area (Å²) in [6, 6.07) is 7.81. The van der Waals surface area contributed by atoms with E-state index in [1.807, 2.05) is 13.8 Å². The van der Waals surface area contributed by atoms with E-state index in [0.29, 0.717) is 34.3 Å². The average molecular weight is 588 g/mol. The van der Waals surface area contributed by atoms with Gasteiger partial charge in [-0.15, -0.1) is 0 Å². The lowest BCUT2D eigenvalue weighted by molar-refractivity contribution is 0.148. The molecule has 0 atom stereocenters. The molecule has 0 spiro atoms. The molecule has 10 nitrogen and oxygen atoms in total. The molecule has 4 rings (SSSR count). The van der Waals surface area contributed by atoms with Crippen LogP contribution >= 0.6 is 0 Å². The second kappa shape index (κ2) is 14.6. The monoisotopic (exact) mass is 587 g/mol. The molecule has 5 N–H and O–H groups in total. The van der Waals surface area contributed by atoms with E-state index in [9.17, 15) is 12.8 Å². The number of benzene rings is 2. The largest absolute Gasteiger partial charge is 0.383 e. The van der Waals surface area contributed by atoms with E-state index in [2.05, 4.69) is 31.6 Å². The first kappa shape index (κ1) is 31.6. The van der Waals surface area contributed by atoms with E-state index in [-0.39, 0.29) is 29.4 Å². The number of halogens is 2. The Morgan fingerprint density at radius 3 is 2.37 bits per heavy atom. The van der Waals surface area contributed by atoms with Crippen LogP contribution in [0.15, 0.2) is 42.7 Å². The van der Waals surface area contributed by atoms with Crippen LogP contribution < -0.4 is 16.2 Å². The van der Waals surface area contributed by atoms with E-state index in [1.54, 1.807) is 12.1 Å². The lowest BCUT2D eigenvalue weighted by Gasteiger charge is -2.14. The molecule has 2 heterocycles. The highest BCUT2D eigenvalue weighted by molar-refractivity contribution is 7.92. The number of nitrogens with two attached hydrogens (primary N) is 2. The zero-order chi connectivity index (χ0) is 30.0. The zero-order valence-corrected chi connectivity index (χ0v) is 24.1. The Kier molecular flexibility index (Phi) is 11.2. The van der Waals surface area contributed by atoms with Gasteiger partial charge in [0.15, 0.2) is 11.6 Å². The van der Waals surface area contributed by atoms with Crippen molar-refractivity contribution in [3.63, 3.8) is 0 Å². The number of hydrogen-bond donors (Lipinski definition) is 3. The van der Waals surface area contributed by atoms with Gasteiger partial charge in [0.1, 0.15) is 5.82 Å². The van der Waals surface area contributed by atoms with Gasteiger partial charge in [0.05, 0.1) is 29.2 Å². The standard InChI is InChI=1S/C23H23F2N7O2S.C5H12O/c1-2-13-9-14(16-5-3-6-18(19(16)25)32-35(33,34)8-4-7-24)10-17-20(13)30-22(31-21(17)26)15-11-28-23(27)29-12-15;1-3-5-6-4-2/h3,5-6,9-12,32H,2,4,7-8H2,1H3,(H2,26,30,31)(H2,27,28,29);3-5H2,1-2H3. The molecule has 0 aliphatic rings. The van der Waals surface area contributed by atoms with Crippen molar-refractivity contribution >= 4 is 38.4 Å². The molecule has 13 heteroatoms. The Morgan fingerprint density at radius 1 is 1.02 bits per heavy atom. The number of anilines is 3. The average Bonchev–Trinajstić information content (AvgIpc) is 2.96. The van der Waals surface area contributed by atoms with Crippen molar-refractivity contribution in [1.82, 2.24) is 19.9 Å². The van der Waals surface area contributed by atoms with Crippen molar-refractivity contribution < 1.29 is 21.9 Å². The summed E-state index contributed by atoms with van der Waals surface area (Å²) in [6.07, 6.45) is 4.52. The van der Waals surface area contributed by atoms with Crippen LogP contribution in [-0.4, -0.2) is 54.0 Å². The maximum absolute atomic E-state index is 15.4. The predicted molar refractivity (Wildman–Crippen MR) is 159 cm³/mol. The Bertz CT molecular complexity index is 1570. The molecule has 4 aromatic rings. The number of nitrogens with zero attached hydrogens (tertiary/aromatic N) is 4. The van der Waals surface area contributed by atoms with E-state index in [4.69, 9.17) is 16.2 Å². The van der Waals surface area contributed by atoms with Gasteiger partial charge in [-0.25, -0.2) is 32.7 Å². The fourth-order valence-corrected chi connectivity index (χ4v) is 5.00. The minimum Gasteiger partial charge on any atom is -0.383 e. The summed E-state index contributed by atoms with van der Waals surface area (Å²) in [5.41, 5.74) is 14.2. The Labute approximate surface area is 238 Å². The van der Waals surface area contributed by atoms with Crippen LogP contribution in [-0.2, 0) is 21.2 Å². The molecular formula is C28H35F2N7O3S. The number of sulfonamides is 1. The van der Waals surface area contributed by atoms with Crippen molar-refractivity contribution in [3.8, 4) is 22.5 Å². The fourth-order valence-electron chi connectivity index (χ4n) is 3.92. The van der Waals surface area contributed by atoms with E-state index in [1.165, 1.54) is 30.6 Å². The summed E-state index contributed by atoms with van der Waals surface area (Å²) in [7, 11) is -3.89. The molecule has 2 aromatic carbocycles. The highest BCUT2D eigenvalue weighted by Crippen LogP contribution is 2.34. The molecule has 0 bridgehead atoms. The molecule has 0 aliphatic heterocycles. The summed E-state index contributed by atoms with van der Waals surface area (Å²) >= 11 is 0. The Morgan fingerprint density at radius 2 is 1.76 bits per heavy atom. The molecule has 0 saturated heterocycles. The smallest absolute Gasteiger partial charge is 0.232 e. The van der Waals surface area contributed by atoms with Crippen molar-refractivity contribution in [1.29, 1.82) is 0 Å². The number of nitrogen functional groups attached to an aromatic ring is 2. The molecule has 0 amide bonds. The number of nitrogens with one attached hydrogen (secondary N) is 1. The van der Waals surface area contributed by atoms with Crippen LogP contribution in [0.1, 0.15) is 39.2 Å². The molecular weight excluding hydrogens is 552 g/mol. The summed E-state index contributed by atoms with van der Waals surface area (Å²) < 4.78 is 59.3. The van der Waals surface area contributed by atoms with Gasteiger partial charge in [0.2, 0.25) is 16.0 Å². The van der Waals surface area contributed by atoms with Crippen molar-refractivity contribution in [2.75, 3.05) is 41.8 Å². The maximum Gasteiger partial charge on any atom is 0.232 e. The minimum atomic E-state index is -3.89. The zero-order valence-electron chi connectivity index (χ0n) is 23.3. The second-order valence-corrected chi connectivity index (χ2v) is 10.8. The molecule has 0 saturated carbocycles. The second-order valence-electron chi connectivity index (χ2n) is 8.97. The van der Waals surface area contributed by atoms with E-state index >= 15 is 4.39 Å². The van der Waals surface area contributed by atoms with Gasteiger partial charge in [0.25, 0.3) is 0 Å². The number of alkyl halides is 1. The third-order valence-electron chi connectivity index (χ3n) is 5.89. The van der Waals surface area contributed by atoms with Crippen LogP contribution in [0.25, 0.3) is 33.4 Å². The number of fused-ring (bicyclic) bond motifs is 1. The van der Waals surface area contributed by atoms with Gasteiger partial charge in [-0.2, -0.15) is 0 Å². The molecule has 41 heavy (non-hydrogen) atoms. The number of aryl methyl sites for hydroxylation is 1. The normalized spacial score (nSPS) is 11.2. The van der Waals surface area contributed by atoms with E-state index in [0.717, 1.165) is 25.2 Å². The van der Waals surface area contributed by atoms with Crippen LogP contribution in [0, 0.1) is 5.82 Å². The SMILES string of the molecule is CCCOCC.CCc1cc(-c2cccc(NS(=O)(=O)CCCF)c2F)cc2c(N)nc(-c3cnc(N)nc3)nc12. The lowest BCUT2D eigenvalue weighted by atomic mass is 9.97. The summed E-state index contributed by atoms with van der Waals surface area (Å²) in [6.45, 7) is 7.03.